The Kier molecular flexibility index (Phi) is 6.73. The molecule has 1 fully saturated rings. The van der Waals surface area contributed by atoms with Gasteiger partial charge >= 0.3 is 0 Å². The maximum atomic E-state index is 12.1. The molecule has 1 saturated heterocycles. The van der Waals surface area contributed by atoms with E-state index in [0.29, 0.717) is 16.6 Å². The minimum atomic E-state index is -0.146. The molecule has 5 heteroatoms. The van der Waals surface area contributed by atoms with Gasteiger partial charge in [-0.05, 0) is 60.8 Å². The van der Waals surface area contributed by atoms with Gasteiger partial charge in [-0.25, -0.2) is 0 Å². The highest BCUT2D eigenvalue weighted by Crippen LogP contribution is 2.22. The van der Waals surface area contributed by atoms with Gasteiger partial charge in [0.05, 0.1) is 0 Å². The molecule has 3 rings (SSSR count). The Morgan fingerprint density at radius 2 is 1.81 bits per heavy atom. The van der Waals surface area contributed by atoms with Crippen LogP contribution in [0.15, 0.2) is 48.5 Å². The van der Waals surface area contributed by atoms with Crippen LogP contribution < -0.4 is 5.32 Å². The highest BCUT2D eigenvalue weighted by Gasteiger charge is 2.13. The van der Waals surface area contributed by atoms with E-state index >= 15 is 0 Å². The summed E-state index contributed by atoms with van der Waals surface area (Å²) in [7, 11) is 0. The molecular formula is C21H22Cl2N2O. The molecule has 0 spiro atoms. The fourth-order valence-electron chi connectivity index (χ4n) is 3.11. The highest BCUT2D eigenvalue weighted by atomic mass is 35.5. The predicted octanol–water partition coefficient (Wildman–Crippen LogP) is 4.92. The van der Waals surface area contributed by atoms with Gasteiger partial charge in [0.15, 0.2) is 0 Å². The molecule has 1 aliphatic heterocycles. The van der Waals surface area contributed by atoms with Crippen LogP contribution in [0, 0.1) is 0 Å². The first-order valence-corrected chi connectivity index (χ1v) is 9.57. The summed E-state index contributed by atoms with van der Waals surface area (Å²) in [5.41, 5.74) is 3.20. The first kappa shape index (κ1) is 19.0. The number of benzene rings is 2. The number of amides is 1. The average Bonchev–Trinajstić information content (AvgIpc) is 3.13. The van der Waals surface area contributed by atoms with Crippen molar-refractivity contribution >= 4 is 35.2 Å². The third-order valence-electron chi connectivity index (χ3n) is 4.54. The molecule has 0 radical (unpaired) electrons. The molecule has 0 unspecified atom stereocenters. The molecule has 0 aliphatic carbocycles. The minimum Gasteiger partial charge on any atom is -0.348 e. The first-order valence-electron chi connectivity index (χ1n) is 8.82. The lowest BCUT2D eigenvalue weighted by molar-refractivity contribution is -0.116. The van der Waals surface area contributed by atoms with Gasteiger partial charge < -0.3 is 5.32 Å². The van der Waals surface area contributed by atoms with Crippen molar-refractivity contribution in [3.8, 4) is 0 Å². The summed E-state index contributed by atoms with van der Waals surface area (Å²) in [6, 6.07) is 13.5. The smallest absolute Gasteiger partial charge is 0.244 e. The van der Waals surface area contributed by atoms with Gasteiger partial charge in [0.1, 0.15) is 0 Å². The van der Waals surface area contributed by atoms with Gasteiger partial charge in [0.2, 0.25) is 5.91 Å². The molecule has 26 heavy (non-hydrogen) atoms. The second-order valence-electron chi connectivity index (χ2n) is 6.47. The number of nitrogens with zero attached hydrogens (tertiary/aromatic N) is 1. The Labute approximate surface area is 164 Å². The molecule has 2 aromatic rings. The number of hydrogen-bond acceptors (Lipinski definition) is 2. The third kappa shape index (κ3) is 5.34. The van der Waals surface area contributed by atoms with Gasteiger partial charge in [-0.1, -0.05) is 53.5 Å². The average molecular weight is 389 g/mol. The van der Waals surface area contributed by atoms with Crippen molar-refractivity contribution in [2.24, 2.45) is 0 Å². The lowest BCUT2D eigenvalue weighted by atomic mass is 10.1. The van der Waals surface area contributed by atoms with E-state index in [9.17, 15) is 4.79 Å². The Balaban J connectivity index is 1.58. The molecule has 1 amide bonds. The topological polar surface area (TPSA) is 32.3 Å². The third-order valence-corrected chi connectivity index (χ3v) is 5.10. The number of halogens is 2. The summed E-state index contributed by atoms with van der Waals surface area (Å²) in [6.45, 7) is 3.78. The summed E-state index contributed by atoms with van der Waals surface area (Å²) in [4.78, 5) is 14.6. The van der Waals surface area contributed by atoms with E-state index in [-0.39, 0.29) is 5.91 Å². The zero-order valence-electron chi connectivity index (χ0n) is 14.6. The number of rotatable bonds is 6. The van der Waals surface area contributed by atoms with E-state index in [4.69, 9.17) is 23.2 Å². The molecule has 1 heterocycles. The van der Waals surface area contributed by atoms with Crippen LogP contribution in [0.5, 0.6) is 0 Å². The molecular weight excluding hydrogens is 367 g/mol. The summed E-state index contributed by atoms with van der Waals surface area (Å²) >= 11 is 12.0. The molecule has 0 bridgehead atoms. The molecule has 0 saturated carbocycles. The number of carbonyl (C=O) groups is 1. The summed E-state index contributed by atoms with van der Waals surface area (Å²) in [6.07, 6.45) is 5.75. The van der Waals surface area contributed by atoms with Gasteiger partial charge in [-0.3, -0.25) is 9.69 Å². The van der Waals surface area contributed by atoms with E-state index in [0.717, 1.165) is 30.8 Å². The second-order valence-corrected chi connectivity index (χ2v) is 7.31. The van der Waals surface area contributed by atoms with Crippen molar-refractivity contribution in [2.45, 2.75) is 25.9 Å². The SMILES string of the molecule is O=C(/C=C/c1ccc(Cl)cc1Cl)NCc1ccccc1CN1CCCC1. The van der Waals surface area contributed by atoms with Crippen LogP contribution in [-0.2, 0) is 17.9 Å². The Hall–Kier alpha value is -1.81. The molecule has 3 nitrogen and oxygen atoms in total. The Morgan fingerprint density at radius 1 is 1.08 bits per heavy atom. The number of carbonyl (C=O) groups excluding carboxylic acids is 1. The van der Waals surface area contributed by atoms with Crippen LogP contribution in [0.4, 0.5) is 0 Å². The Morgan fingerprint density at radius 3 is 2.54 bits per heavy atom. The largest absolute Gasteiger partial charge is 0.348 e. The zero-order valence-corrected chi connectivity index (χ0v) is 16.1. The maximum absolute atomic E-state index is 12.1. The van der Waals surface area contributed by atoms with Crippen LogP contribution in [0.1, 0.15) is 29.5 Å². The molecule has 136 valence electrons. The second kappa shape index (κ2) is 9.22. The number of likely N-dealkylation sites (tertiary alicyclic amines) is 1. The lowest BCUT2D eigenvalue weighted by Crippen LogP contribution is -2.23. The van der Waals surface area contributed by atoms with Crippen LogP contribution in [-0.4, -0.2) is 23.9 Å². The van der Waals surface area contributed by atoms with Gasteiger partial charge in [-0.2, -0.15) is 0 Å². The summed E-state index contributed by atoms with van der Waals surface area (Å²) in [5, 5.41) is 4.05. The zero-order chi connectivity index (χ0) is 18.4. The van der Waals surface area contributed by atoms with Crippen molar-refractivity contribution in [1.29, 1.82) is 0 Å². The standard InChI is InChI=1S/C21H22Cl2N2O/c22-19-9-7-16(20(23)13-19)8-10-21(26)24-14-17-5-1-2-6-18(17)15-25-11-3-4-12-25/h1-2,5-10,13H,3-4,11-12,14-15H2,(H,24,26)/b10-8+. The lowest BCUT2D eigenvalue weighted by Gasteiger charge is -2.17. The van der Waals surface area contributed by atoms with E-state index in [1.54, 1.807) is 24.3 Å². The molecule has 0 atom stereocenters. The van der Waals surface area contributed by atoms with Crippen LogP contribution in [0.2, 0.25) is 10.0 Å². The Bertz CT molecular complexity index is 798. The van der Waals surface area contributed by atoms with Crippen molar-refractivity contribution in [2.75, 3.05) is 13.1 Å². The maximum Gasteiger partial charge on any atom is 0.244 e. The fourth-order valence-corrected chi connectivity index (χ4v) is 3.58. The molecule has 1 N–H and O–H groups in total. The van der Waals surface area contributed by atoms with E-state index in [1.807, 2.05) is 6.07 Å². The predicted molar refractivity (Wildman–Crippen MR) is 108 cm³/mol. The van der Waals surface area contributed by atoms with E-state index < -0.39 is 0 Å². The minimum absolute atomic E-state index is 0.146. The fraction of sp³-hybridized carbons (Fsp3) is 0.286. The summed E-state index contributed by atoms with van der Waals surface area (Å²) in [5.74, 6) is -0.146. The van der Waals surface area contributed by atoms with E-state index in [2.05, 4.69) is 28.4 Å². The van der Waals surface area contributed by atoms with Crippen molar-refractivity contribution in [3.63, 3.8) is 0 Å². The van der Waals surface area contributed by atoms with Crippen molar-refractivity contribution in [3.05, 3.63) is 75.3 Å². The quantitative estimate of drug-likeness (QED) is 0.712. The van der Waals surface area contributed by atoms with Crippen LogP contribution >= 0.6 is 23.2 Å². The highest BCUT2D eigenvalue weighted by molar-refractivity contribution is 6.35. The van der Waals surface area contributed by atoms with Crippen LogP contribution in [0.3, 0.4) is 0 Å². The molecule has 2 aromatic carbocycles. The first-order chi connectivity index (χ1) is 12.6. The number of hydrogen-bond donors (Lipinski definition) is 1. The van der Waals surface area contributed by atoms with Gasteiger partial charge in [-0.15, -0.1) is 0 Å². The van der Waals surface area contributed by atoms with Gasteiger partial charge in [0, 0.05) is 29.2 Å². The molecule has 0 aromatic heterocycles. The number of nitrogens with one attached hydrogen (secondary N) is 1. The van der Waals surface area contributed by atoms with Crippen LogP contribution in [0.25, 0.3) is 6.08 Å². The monoisotopic (exact) mass is 388 g/mol. The van der Waals surface area contributed by atoms with Gasteiger partial charge in [0.25, 0.3) is 0 Å². The summed E-state index contributed by atoms with van der Waals surface area (Å²) < 4.78 is 0. The normalized spacial score (nSPS) is 14.8. The molecule has 1 aliphatic rings. The van der Waals surface area contributed by atoms with E-state index in [1.165, 1.54) is 24.5 Å². The van der Waals surface area contributed by atoms with Crippen molar-refractivity contribution < 1.29 is 4.79 Å². The van der Waals surface area contributed by atoms with Crippen molar-refractivity contribution in [1.82, 2.24) is 10.2 Å².